The number of nitrogens with zero attached hydrogens (tertiary/aromatic N) is 2. The first-order valence-electron chi connectivity index (χ1n) is 8.52. The van der Waals surface area contributed by atoms with E-state index in [-0.39, 0.29) is 16.8 Å². The van der Waals surface area contributed by atoms with Crippen LogP contribution in [0.1, 0.15) is 30.1 Å². The molecular formula is C19H19N3O4S2. The Kier molecular flexibility index (Phi) is 6.15. The summed E-state index contributed by atoms with van der Waals surface area (Å²) in [4.78, 5) is 13.5. The van der Waals surface area contributed by atoms with Crippen molar-refractivity contribution in [2.45, 2.75) is 34.6 Å². The van der Waals surface area contributed by atoms with Crippen LogP contribution in [0.3, 0.4) is 0 Å². The molecule has 146 valence electrons. The van der Waals surface area contributed by atoms with Crippen molar-refractivity contribution in [2.24, 2.45) is 0 Å². The van der Waals surface area contributed by atoms with Crippen molar-refractivity contribution in [3.8, 4) is 0 Å². The Labute approximate surface area is 167 Å². The van der Waals surface area contributed by atoms with Crippen molar-refractivity contribution in [1.29, 1.82) is 0 Å². The maximum Gasteiger partial charge on any atom is 0.322 e. The van der Waals surface area contributed by atoms with Crippen LogP contribution in [-0.2, 0) is 15.6 Å². The number of carbonyl (C=O) groups excluding carboxylic acids is 1. The van der Waals surface area contributed by atoms with E-state index in [1.54, 1.807) is 42.1 Å². The molecule has 0 unspecified atom stereocenters. The molecular weight excluding hydrogens is 398 g/mol. The normalized spacial score (nSPS) is 11.5. The molecule has 1 aromatic heterocycles. The van der Waals surface area contributed by atoms with Crippen LogP contribution in [0.5, 0.6) is 0 Å². The molecule has 0 radical (unpaired) electrons. The minimum Gasteiger partial charge on any atom is -0.407 e. The molecule has 7 nitrogen and oxygen atoms in total. The first-order chi connectivity index (χ1) is 13.3. The van der Waals surface area contributed by atoms with E-state index in [4.69, 9.17) is 4.42 Å². The number of carbonyl (C=O) groups is 1. The van der Waals surface area contributed by atoms with Gasteiger partial charge >= 0.3 is 6.01 Å². The molecule has 0 fully saturated rings. The lowest BCUT2D eigenvalue weighted by atomic mass is 10.2. The number of sulfone groups is 1. The molecule has 9 heteroatoms. The second-order valence-electron chi connectivity index (χ2n) is 6.22. The summed E-state index contributed by atoms with van der Waals surface area (Å²) in [6.07, 6.45) is 0. The average molecular weight is 418 g/mol. The van der Waals surface area contributed by atoms with Crippen LogP contribution < -0.4 is 5.32 Å². The number of amides is 1. The number of thioether (sulfide) groups is 1. The molecule has 3 rings (SSSR count). The molecule has 1 N–H and O–H groups in total. The first kappa shape index (κ1) is 20.1. The number of anilines is 1. The minimum absolute atomic E-state index is 0.0946. The number of nitrogens with one attached hydrogen (secondary N) is 1. The van der Waals surface area contributed by atoms with Crippen LogP contribution >= 0.6 is 11.8 Å². The Bertz CT molecular complexity index is 1050. The number of benzene rings is 2. The zero-order valence-corrected chi connectivity index (χ0v) is 17.0. The summed E-state index contributed by atoms with van der Waals surface area (Å²) in [6.45, 7) is 4.19. The molecule has 0 saturated carbocycles. The van der Waals surface area contributed by atoms with Gasteiger partial charge in [0, 0.05) is 15.7 Å². The fourth-order valence-corrected chi connectivity index (χ4v) is 4.38. The zero-order valence-electron chi connectivity index (χ0n) is 15.3. The summed E-state index contributed by atoms with van der Waals surface area (Å²) in [5.41, 5.74) is 0.435. The van der Waals surface area contributed by atoms with Gasteiger partial charge in [0.2, 0.25) is 5.89 Å². The van der Waals surface area contributed by atoms with E-state index in [2.05, 4.69) is 29.4 Å². The Morgan fingerprint density at radius 1 is 1.07 bits per heavy atom. The van der Waals surface area contributed by atoms with Gasteiger partial charge in [0.25, 0.3) is 5.91 Å². The number of rotatable bonds is 7. The van der Waals surface area contributed by atoms with Crippen LogP contribution in [0.25, 0.3) is 0 Å². The van der Waals surface area contributed by atoms with Gasteiger partial charge < -0.3 is 4.42 Å². The van der Waals surface area contributed by atoms with Gasteiger partial charge in [0.05, 0.1) is 4.90 Å². The predicted octanol–water partition coefficient (Wildman–Crippen LogP) is 3.80. The molecule has 1 amide bonds. The molecule has 3 aromatic rings. The number of hydrogen-bond acceptors (Lipinski definition) is 7. The summed E-state index contributed by atoms with van der Waals surface area (Å²) < 4.78 is 30.0. The van der Waals surface area contributed by atoms with E-state index in [0.29, 0.717) is 10.8 Å². The van der Waals surface area contributed by atoms with Gasteiger partial charge in [-0.25, -0.2) is 8.42 Å². The molecule has 0 aliphatic carbocycles. The van der Waals surface area contributed by atoms with Crippen LogP contribution in [0.2, 0.25) is 0 Å². The van der Waals surface area contributed by atoms with E-state index in [1.165, 1.54) is 12.1 Å². The highest BCUT2D eigenvalue weighted by Gasteiger charge is 2.20. The van der Waals surface area contributed by atoms with Crippen molar-refractivity contribution in [3.63, 3.8) is 0 Å². The Balaban J connectivity index is 1.65. The molecule has 2 aromatic carbocycles. The number of aromatic nitrogens is 2. The van der Waals surface area contributed by atoms with E-state index in [0.717, 1.165) is 4.90 Å². The van der Waals surface area contributed by atoms with Crippen molar-refractivity contribution >= 4 is 33.5 Å². The SMILES string of the molecule is CC(C)Sc1ccc(C(=O)Nc2nnc(CS(=O)(=O)c3ccccc3)o2)cc1. The van der Waals surface area contributed by atoms with Crippen molar-refractivity contribution in [2.75, 3.05) is 5.32 Å². The topological polar surface area (TPSA) is 102 Å². The lowest BCUT2D eigenvalue weighted by molar-refractivity contribution is 0.102. The van der Waals surface area contributed by atoms with E-state index < -0.39 is 21.5 Å². The fourth-order valence-electron chi connectivity index (χ4n) is 2.36. The maximum atomic E-state index is 12.3. The molecule has 0 bridgehead atoms. The first-order valence-corrected chi connectivity index (χ1v) is 11.0. The summed E-state index contributed by atoms with van der Waals surface area (Å²) in [7, 11) is -3.61. The maximum absolute atomic E-state index is 12.3. The third kappa shape index (κ3) is 5.20. The Hall–Kier alpha value is -2.65. The summed E-state index contributed by atoms with van der Waals surface area (Å²) >= 11 is 1.70. The summed E-state index contributed by atoms with van der Waals surface area (Å²) in [5.74, 6) is -0.953. The van der Waals surface area contributed by atoms with E-state index in [9.17, 15) is 13.2 Å². The lowest BCUT2D eigenvalue weighted by Gasteiger charge is -2.05. The summed E-state index contributed by atoms with van der Waals surface area (Å²) in [6, 6.07) is 15.0. The number of hydrogen-bond donors (Lipinski definition) is 1. The van der Waals surface area contributed by atoms with Crippen LogP contribution in [0.15, 0.2) is 68.8 Å². The van der Waals surface area contributed by atoms with Crippen molar-refractivity contribution in [3.05, 3.63) is 66.1 Å². The second kappa shape index (κ2) is 8.57. The molecule has 0 atom stereocenters. The molecule has 0 saturated heterocycles. The standard InChI is InChI=1S/C19H19N3O4S2/c1-13(2)27-15-10-8-14(9-11-15)18(23)20-19-22-21-17(26-19)12-28(24,25)16-6-4-3-5-7-16/h3-11,13H,12H2,1-2H3,(H,20,22,23). The van der Waals surface area contributed by atoms with Gasteiger partial charge in [-0.3, -0.25) is 10.1 Å². The molecule has 28 heavy (non-hydrogen) atoms. The van der Waals surface area contributed by atoms with E-state index in [1.807, 2.05) is 12.1 Å². The average Bonchev–Trinajstić information content (AvgIpc) is 3.08. The third-order valence-electron chi connectivity index (χ3n) is 3.59. The van der Waals surface area contributed by atoms with Gasteiger partial charge in [0.15, 0.2) is 9.84 Å². The van der Waals surface area contributed by atoms with Crippen molar-refractivity contribution < 1.29 is 17.6 Å². The van der Waals surface area contributed by atoms with Crippen LogP contribution in [0.4, 0.5) is 6.01 Å². The fraction of sp³-hybridized carbons (Fsp3) is 0.211. The molecule has 0 spiro atoms. The molecule has 1 heterocycles. The highest BCUT2D eigenvalue weighted by Crippen LogP contribution is 2.23. The predicted molar refractivity (Wildman–Crippen MR) is 107 cm³/mol. The highest BCUT2D eigenvalue weighted by atomic mass is 32.2. The Morgan fingerprint density at radius 3 is 2.39 bits per heavy atom. The van der Waals surface area contributed by atoms with Gasteiger partial charge in [0.1, 0.15) is 5.75 Å². The summed E-state index contributed by atoms with van der Waals surface area (Å²) in [5, 5.41) is 10.3. The minimum atomic E-state index is -3.61. The second-order valence-corrected chi connectivity index (χ2v) is 9.86. The van der Waals surface area contributed by atoms with Crippen molar-refractivity contribution in [1.82, 2.24) is 10.2 Å². The largest absolute Gasteiger partial charge is 0.407 e. The smallest absolute Gasteiger partial charge is 0.322 e. The van der Waals surface area contributed by atoms with Gasteiger partial charge in [-0.2, -0.15) is 0 Å². The zero-order chi connectivity index (χ0) is 20.1. The third-order valence-corrected chi connectivity index (χ3v) is 6.22. The molecule has 0 aliphatic rings. The highest BCUT2D eigenvalue weighted by molar-refractivity contribution is 7.99. The van der Waals surface area contributed by atoms with Crippen LogP contribution in [0, 0.1) is 0 Å². The van der Waals surface area contributed by atoms with E-state index >= 15 is 0 Å². The van der Waals surface area contributed by atoms with Gasteiger partial charge in [-0.05, 0) is 36.4 Å². The lowest BCUT2D eigenvalue weighted by Crippen LogP contribution is -2.12. The van der Waals surface area contributed by atoms with Gasteiger partial charge in [-0.1, -0.05) is 37.1 Å². The molecule has 0 aliphatic heterocycles. The Morgan fingerprint density at radius 2 is 1.75 bits per heavy atom. The van der Waals surface area contributed by atoms with Gasteiger partial charge in [-0.15, -0.1) is 16.9 Å². The monoisotopic (exact) mass is 417 g/mol. The quantitative estimate of drug-likeness (QED) is 0.583. The van der Waals surface area contributed by atoms with Crippen LogP contribution in [-0.4, -0.2) is 29.8 Å².